The summed E-state index contributed by atoms with van der Waals surface area (Å²) in [6.45, 7) is 2.48. The van der Waals surface area contributed by atoms with Gasteiger partial charge in [-0.25, -0.2) is 9.82 Å². The number of hydrogen-bond donors (Lipinski definition) is 2. The molecule has 3 rings (SSSR count). The molecule has 23 heavy (non-hydrogen) atoms. The SMILES string of the molecule is Cc1cc(-c2cccc(CNNc3ccccc3)c2)ccc1F. The third-order valence-corrected chi connectivity index (χ3v) is 3.72. The molecule has 3 aromatic rings. The lowest BCUT2D eigenvalue weighted by Crippen LogP contribution is -2.20. The van der Waals surface area contributed by atoms with Crippen molar-refractivity contribution in [2.75, 3.05) is 5.43 Å². The van der Waals surface area contributed by atoms with Crippen LogP contribution >= 0.6 is 0 Å². The fourth-order valence-corrected chi connectivity index (χ4v) is 2.45. The monoisotopic (exact) mass is 306 g/mol. The summed E-state index contributed by atoms with van der Waals surface area (Å²) in [7, 11) is 0. The Bertz CT molecular complexity index is 785. The lowest BCUT2D eigenvalue weighted by atomic mass is 10.0. The average molecular weight is 306 g/mol. The van der Waals surface area contributed by atoms with Crippen LogP contribution in [0.5, 0.6) is 0 Å². The van der Waals surface area contributed by atoms with E-state index in [1.165, 1.54) is 6.07 Å². The van der Waals surface area contributed by atoms with Crippen molar-refractivity contribution < 1.29 is 4.39 Å². The van der Waals surface area contributed by atoms with Crippen molar-refractivity contribution in [1.82, 2.24) is 5.43 Å². The zero-order chi connectivity index (χ0) is 16.1. The van der Waals surface area contributed by atoms with Crippen molar-refractivity contribution in [3.63, 3.8) is 0 Å². The normalized spacial score (nSPS) is 10.5. The summed E-state index contributed by atoms with van der Waals surface area (Å²) in [5.41, 5.74) is 11.3. The maximum atomic E-state index is 13.4. The van der Waals surface area contributed by atoms with E-state index in [-0.39, 0.29) is 5.82 Å². The van der Waals surface area contributed by atoms with E-state index in [1.54, 1.807) is 6.92 Å². The van der Waals surface area contributed by atoms with E-state index in [0.29, 0.717) is 12.1 Å². The molecule has 2 nitrogen and oxygen atoms in total. The highest BCUT2D eigenvalue weighted by Crippen LogP contribution is 2.22. The van der Waals surface area contributed by atoms with Crippen LogP contribution in [0, 0.1) is 12.7 Å². The quantitative estimate of drug-likeness (QED) is 0.654. The first-order valence-electron chi connectivity index (χ1n) is 7.62. The summed E-state index contributed by atoms with van der Waals surface area (Å²) in [5, 5.41) is 0. The molecule has 0 amide bonds. The second-order valence-corrected chi connectivity index (χ2v) is 5.51. The van der Waals surface area contributed by atoms with Gasteiger partial charge in [0.25, 0.3) is 0 Å². The molecular formula is C20H19FN2. The zero-order valence-corrected chi connectivity index (χ0v) is 13.0. The van der Waals surface area contributed by atoms with Gasteiger partial charge in [0.15, 0.2) is 0 Å². The second-order valence-electron chi connectivity index (χ2n) is 5.51. The van der Waals surface area contributed by atoms with Gasteiger partial charge in [-0.05, 0) is 59.5 Å². The second kappa shape index (κ2) is 7.07. The molecule has 0 spiro atoms. The van der Waals surface area contributed by atoms with E-state index < -0.39 is 0 Å². The number of hydrogen-bond acceptors (Lipinski definition) is 2. The minimum atomic E-state index is -0.168. The van der Waals surface area contributed by atoms with Crippen LogP contribution in [0.4, 0.5) is 10.1 Å². The van der Waals surface area contributed by atoms with Crippen LogP contribution in [-0.2, 0) is 6.54 Å². The summed E-state index contributed by atoms with van der Waals surface area (Å²) in [6, 6.07) is 23.4. The molecule has 0 saturated carbocycles. The van der Waals surface area contributed by atoms with Gasteiger partial charge in [0, 0.05) is 12.2 Å². The van der Waals surface area contributed by atoms with Crippen molar-refractivity contribution in [3.8, 4) is 11.1 Å². The number of aryl methyl sites for hydroxylation is 1. The summed E-state index contributed by atoms with van der Waals surface area (Å²) in [4.78, 5) is 0. The van der Waals surface area contributed by atoms with Crippen molar-refractivity contribution >= 4 is 5.69 Å². The topological polar surface area (TPSA) is 24.1 Å². The van der Waals surface area contributed by atoms with Crippen LogP contribution in [0.3, 0.4) is 0 Å². The Morgan fingerprint density at radius 3 is 2.39 bits per heavy atom. The van der Waals surface area contributed by atoms with Gasteiger partial charge < -0.3 is 5.43 Å². The largest absolute Gasteiger partial charge is 0.321 e. The van der Waals surface area contributed by atoms with Crippen LogP contribution < -0.4 is 10.9 Å². The van der Waals surface area contributed by atoms with Gasteiger partial charge in [0.05, 0.1) is 0 Å². The molecule has 2 N–H and O–H groups in total. The van der Waals surface area contributed by atoms with Gasteiger partial charge in [-0.15, -0.1) is 0 Å². The van der Waals surface area contributed by atoms with Crippen LogP contribution in [-0.4, -0.2) is 0 Å². The Morgan fingerprint density at radius 1 is 0.826 bits per heavy atom. The third kappa shape index (κ3) is 3.96. The number of anilines is 1. The molecule has 0 unspecified atom stereocenters. The van der Waals surface area contributed by atoms with E-state index in [1.807, 2.05) is 54.6 Å². The molecule has 0 aromatic heterocycles. The van der Waals surface area contributed by atoms with E-state index >= 15 is 0 Å². The molecule has 0 radical (unpaired) electrons. The smallest absolute Gasteiger partial charge is 0.126 e. The van der Waals surface area contributed by atoms with Crippen molar-refractivity contribution in [3.05, 3.63) is 89.7 Å². The van der Waals surface area contributed by atoms with Gasteiger partial charge >= 0.3 is 0 Å². The fourth-order valence-electron chi connectivity index (χ4n) is 2.45. The van der Waals surface area contributed by atoms with Crippen molar-refractivity contribution in [2.45, 2.75) is 13.5 Å². The molecule has 116 valence electrons. The Morgan fingerprint density at radius 2 is 1.61 bits per heavy atom. The molecule has 3 heteroatoms. The molecule has 0 atom stereocenters. The average Bonchev–Trinajstić information content (AvgIpc) is 2.59. The predicted octanol–water partition coefficient (Wildman–Crippen LogP) is 4.92. The molecule has 0 saturated heterocycles. The number of hydrazine groups is 1. The van der Waals surface area contributed by atoms with Crippen LogP contribution in [0.25, 0.3) is 11.1 Å². The molecule has 0 aliphatic heterocycles. The molecule has 0 bridgehead atoms. The Labute approximate surface area is 136 Å². The molecule has 0 fully saturated rings. The molecule has 0 aliphatic rings. The molecule has 0 aliphatic carbocycles. The van der Waals surface area contributed by atoms with Gasteiger partial charge in [0.1, 0.15) is 5.82 Å². The highest BCUT2D eigenvalue weighted by molar-refractivity contribution is 5.65. The Hall–Kier alpha value is -2.65. The summed E-state index contributed by atoms with van der Waals surface area (Å²) in [6.07, 6.45) is 0. The van der Waals surface area contributed by atoms with Crippen LogP contribution in [0.2, 0.25) is 0 Å². The molecule has 0 heterocycles. The summed E-state index contributed by atoms with van der Waals surface area (Å²) < 4.78 is 13.4. The number of para-hydroxylation sites is 1. The highest BCUT2D eigenvalue weighted by Gasteiger charge is 2.03. The minimum Gasteiger partial charge on any atom is -0.321 e. The first-order chi connectivity index (χ1) is 11.2. The Balaban J connectivity index is 1.68. The third-order valence-electron chi connectivity index (χ3n) is 3.72. The number of halogens is 1. The fraction of sp³-hybridized carbons (Fsp3) is 0.100. The highest BCUT2D eigenvalue weighted by atomic mass is 19.1. The number of rotatable bonds is 5. The maximum Gasteiger partial charge on any atom is 0.126 e. The van der Waals surface area contributed by atoms with Gasteiger partial charge in [-0.2, -0.15) is 0 Å². The number of benzene rings is 3. The summed E-state index contributed by atoms with van der Waals surface area (Å²) >= 11 is 0. The number of nitrogens with one attached hydrogen (secondary N) is 2. The zero-order valence-electron chi connectivity index (χ0n) is 13.0. The Kier molecular flexibility index (Phi) is 4.69. The van der Waals surface area contributed by atoms with Crippen LogP contribution in [0.15, 0.2) is 72.8 Å². The van der Waals surface area contributed by atoms with E-state index in [2.05, 4.69) is 23.0 Å². The van der Waals surface area contributed by atoms with E-state index in [0.717, 1.165) is 22.4 Å². The van der Waals surface area contributed by atoms with Crippen LogP contribution in [0.1, 0.15) is 11.1 Å². The van der Waals surface area contributed by atoms with E-state index in [4.69, 9.17) is 0 Å². The first kappa shape index (κ1) is 15.3. The molecule has 3 aromatic carbocycles. The summed E-state index contributed by atoms with van der Waals surface area (Å²) in [5.74, 6) is -0.168. The van der Waals surface area contributed by atoms with Crippen molar-refractivity contribution in [2.24, 2.45) is 0 Å². The lowest BCUT2D eigenvalue weighted by molar-refractivity contribution is 0.619. The minimum absolute atomic E-state index is 0.168. The maximum absolute atomic E-state index is 13.4. The van der Waals surface area contributed by atoms with Gasteiger partial charge in [-0.1, -0.05) is 42.5 Å². The first-order valence-corrected chi connectivity index (χ1v) is 7.62. The van der Waals surface area contributed by atoms with E-state index in [9.17, 15) is 4.39 Å². The predicted molar refractivity (Wildman–Crippen MR) is 93.5 cm³/mol. The molecular weight excluding hydrogens is 287 g/mol. The van der Waals surface area contributed by atoms with Gasteiger partial charge in [-0.3, -0.25) is 0 Å². The standard InChI is InChI=1S/C20H19FN2/c1-15-12-18(10-11-20(15)21)17-7-5-6-16(13-17)14-22-23-19-8-3-2-4-9-19/h2-13,22-23H,14H2,1H3. The van der Waals surface area contributed by atoms with Gasteiger partial charge in [0.2, 0.25) is 0 Å². The van der Waals surface area contributed by atoms with Crippen molar-refractivity contribution in [1.29, 1.82) is 0 Å². The lowest BCUT2D eigenvalue weighted by Gasteiger charge is -2.10.